The van der Waals surface area contributed by atoms with Crippen molar-refractivity contribution in [2.45, 2.75) is 20.4 Å². The van der Waals surface area contributed by atoms with Crippen LogP contribution in [0.4, 0.5) is 5.69 Å². The minimum atomic E-state index is 0.668. The van der Waals surface area contributed by atoms with Crippen molar-refractivity contribution in [1.82, 2.24) is 4.98 Å². The molecule has 0 aliphatic rings. The Morgan fingerprint density at radius 3 is 2.72 bits per heavy atom. The SMILES string of the molecule is CCOc1ccccc1NCc1cccc(C)n1. The second kappa shape index (κ2) is 6.05. The number of rotatable bonds is 5. The van der Waals surface area contributed by atoms with Crippen LogP contribution in [0, 0.1) is 6.92 Å². The summed E-state index contributed by atoms with van der Waals surface area (Å²) in [4.78, 5) is 4.46. The van der Waals surface area contributed by atoms with E-state index in [0.717, 1.165) is 22.8 Å². The number of aryl methyl sites for hydroxylation is 1. The molecule has 3 nitrogen and oxygen atoms in total. The third-order valence-electron chi connectivity index (χ3n) is 2.59. The maximum absolute atomic E-state index is 5.57. The Kier molecular flexibility index (Phi) is 4.18. The monoisotopic (exact) mass is 242 g/mol. The predicted molar refractivity (Wildman–Crippen MR) is 73.9 cm³/mol. The summed E-state index contributed by atoms with van der Waals surface area (Å²) in [5.41, 5.74) is 3.07. The predicted octanol–water partition coefficient (Wildman–Crippen LogP) is 3.40. The van der Waals surface area contributed by atoms with Crippen molar-refractivity contribution in [3.8, 4) is 5.75 Å². The van der Waals surface area contributed by atoms with E-state index in [1.165, 1.54) is 0 Å². The molecule has 1 aromatic carbocycles. The smallest absolute Gasteiger partial charge is 0.142 e. The molecule has 0 amide bonds. The summed E-state index contributed by atoms with van der Waals surface area (Å²) in [5, 5.41) is 3.35. The number of hydrogen-bond donors (Lipinski definition) is 1. The number of nitrogens with one attached hydrogen (secondary N) is 1. The fourth-order valence-electron chi connectivity index (χ4n) is 1.78. The fraction of sp³-hybridized carbons (Fsp3) is 0.267. The van der Waals surface area contributed by atoms with Gasteiger partial charge in [-0.2, -0.15) is 0 Å². The van der Waals surface area contributed by atoms with Gasteiger partial charge in [0, 0.05) is 5.69 Å². The first kappa shape index (κ1) is 12.4. The van der Waals surface area contributed by atoms with Gasteiger partial charge in [0.25, 0.3) is 0 Å². The quantitative estimate of drug-likeness (QED) is 0.872. The van der Waals surface area contributed by atoms with Crippen LogP contribution >= 0.6 is 0 Å². The van der Waals surface area contributed by atoms with E-state index in [-0.39, 0.29) is 0 Å². The number of aromatic nitrogens is 1. The Labute approximate surface area is 108 Å². The number of para-hydroxylation sites is 2. The van der Waals surface area contributed by atoms with Gasteiger partial charge < -0.3 is 10.1 Å². The van der Waals surface area contributed by atoms with E-state index in [1.807, 2.05) is 56.3 Å². The van der Waals surface area contributed by atoms with Gasteiger partial charge in [0.05, 0.1) is 24.5 Å². The van der Waals surface area contributed by atoms with E-state index >= 15 is 0 Å². The third-order valence-corrected chi connectivity index (χ3v) is 2.59. The first-order chi connectivity index (χ1) is 8.79. The Balaban J connectivity index is 2.06. The molecule has 0 radical (unpaired) electrons. The third kappa shape index (κ3) is 3.23. The molecule has 18 heavy (non-hydrogen) atoms. The van der Waals surface area contributed by atoms with Gasteiger partial charge in [0.15, 0.2) is 0 Å². The summed E-state index contributed by atoms with van der Waals surface area (Å²) in [5.74, 6) is 0.882. The molecule has 0 aliphatic heterocycles. The van der Waals surface area contributed by atoms with Crippen LogP contribution in [-0.2, 0) is 6.54 Å². The van der Waals surface area contributed by atoms with Crippen molar-refractivity contribution in [3.05, 3.63) is 53.9 Å². The molecule has 0 spiro atoms. The average Bonchev–Trinajstić information content (AvgIpc) is 2.38. The molecule has 0 bridgehead atoms. The standard InChI is InChI=1S/C15H18N2O/c1-3-18-15-10-5-4-9-14(15)16-11-13-8-6-7-12(2)17-13/h4-10,16H,3,11H2,1-2H3. The molecule has 0 saturated heterocycles. The van der Waals surface area contributed by atoms with Gasteiger partial charge in [-0.3, -0.25) is 4.98 Å². The number of benzene rings is 1. The highest BCUT2D eigenvalue weighted by Gasteiger charge is 2.02. The number of nitrogens with zero attached hydrogens (tertiary/aromatic N) is 1. The maximum atomic E-state index is 5.57. The van der Waals surface area contributed by atoms with E-state index < -0.39 is 0 Å². The zero-order chi connectivity index (χ0) is 12.8. The summed E-state index contributed by atoms with van der Waals surface area (Å²) in [6.45, 7) is 5.35. The lowest BCUT2D eigenvalue weighted by molar-refractivity contribution is 0.341. The molecule has 0 unspecified atom stereocenters. The molecule has 0 aliphatic carbocycles. The van der Waals surface area contributed by atoms with E-state index in [1.54, 1.807) is 0 Å². The van der Waals surface area contributed by atoms with Crippen molar-refractivity contribution in [3.63, 3.8) is 0 Å². The number of pyridine rings is 1. The molecular weight excluding hydrogens is 224 g/mol. The van der Waals surface area contributed by atoms with Crippen LogP contribution in [0.1, 0.15) is 18.3 Å². The van der Waals surface area contributed by atoms with Crippen LogP contribution < -0.4 is 10.1 Å². The van der Waals surface area contributed by atoms with Gasteiger partial charge in [0.1, 0.15) is 5.75 Å². The molecule has 3 heteroatoms. The molecule has 1 aromatic heterocycles. The summed E-state index contributed by atoms with van der Waals surface area (Å²) in [7, 11) is 0. The molecule has 94 valence electrons. The molecule has 2 rings (SSSR count). The highest BCUT2D eigenvalue weighted by atomic mass is 16.5. The summed E-state index contributed by atoms with van der Waals surface area (Å²) >= 11 is 0. The molecule has 2 aromatic rings. The van der Waals surface area contributed by atoms with Crippen molar-refractivity contribution in [1.29, 1.82) is 0 Å². The zero-order valence-corrected chi connectivity index (χ0v) is 10.8. The van der Waals surface area contributed by atoms with E-state index in [9.17, 15) is 0 Å². The van der Waals surface area contributed by atoms with Gasteiger partial charge in [-0.05, 0) is 38.1 Å². The lowest BCUT2D eigenvalue weighted by Gasteiger charge is -2.11. The van der Waals surface area contributed by atoms with Crippen LogP contribution in [0.25, 0.3) is 0 Å². The average molecular weight is 242 g/mol. The Bertz CT molecular complexity index is 511. The van der Waals surface area contributed by atoms with Crippen molar-refractivity contribution >= 4 is 5.69 Å². The van der Waals surface area contributed by atoms with Crippen LogP contribution in [0.15, 0.2) is 42.5 Å². The summed E-state index contributed by atoms with van der Waals surface area (Å²) in [6.07, 6.45) is 0. The Morgan fingerprint density at radius 2 is 1.94 bits per heavy atom. The van der Waals surface area contributed by atoms with Crippen LogP contribution in [0.2, 0.25) is 0 Å². The highest BCUT2D eigenvalue weighted by Crippen LogP contribution is 2.23. The highest BCUT2D eigenvalue weighted by molar-refractivity contribution is 5.56. The van der Waals surface area contributed by atoms with Gasteiger partial charge in [-0.1, -0.05) is 18.2 Å². The Morgan fingerprint density at radius 1 is 1.11 bits per heavy atom. The van der Waals surface area contributed by atoms with Crippen molar-refractivity contribution in [2.24, 2.45) is 0 Å². The molecular formula is C15H18N2O. The lowest BCUT2D eigenvalue weighted by atomic mass is 10.2. The maximum Gasteiger partial charge on any atom is 0.142 e. The summed E-state index contributed by atoms with van der Waals surface area (Å²) < 4.78 is 5.57. The first-order valence-electron chi connectivity index (χ1n) is 6.18. The zero-order valence-electron chi connectivity index (χ0n) is 10.8. The van der Waals surface area contributed by atoms with E-state index in [2.05, 4.69) is 10.3 Å². The van der Waals surface area contributed by atoms with E-state index in [0.29, 0.717) is 13.2 Å². The molecule has 0 saturated carbocycles. The minimum absolute atomic E-state index is 0.668. The topological polar surface area (TPSA) is 34.1 Å². The first-order valence-corrected chi connectivity index (χ1v) is 6.18. The fourth-order valence-corrected chi connectivity index (χ4v) is 1.78. The van der Waals surface area contributed by atoms with E-state index in [4.69, 9.17) is 4.74 Å². The second-order valence-corrected chi connectivity index (χ2v) is 4.05. The van der Waals surface area contributed by atoms with Gasteiger partial charge >= 0.3 is 0 Å². The van der Waals surface area contributed by atoms with Crippen molar-refractivity contribution < 1.29 is 4.74 Å². The van der Waals surface area contributed by atoms with Gasteiger partial charge in [-0.15, -0.1) is 0 Å². The van der Waals surface area contributed by atoms with Gasteiger partial charge in [-0.25, -0.2) is 0 Å². The molecule has 0 fully saturated rings. The molecule has 0 atom stereocenters. The molecule has 1 N–H and O–H groups in total. The number of anilines is 1. The Hall–Kier alpha value is -2.03. The number of hydrogen-bond acceptors (Lipinski definition) is 3. The second-order valence-electron chi connectivity index (χ2n) is 4.05. The van der Waals surface area contributed by atoms with Crippen LogP contribution in [0.5, 0.6) is 5.75 Å². The van der Waals surface area contributed by atoms with Crippen molar-refractivity contribution in [2.75, 3.05) is 11.9 Å². The molecule has 1 heterocycles. The largest absolute Gasteiger partial charge is 0.492 e. The number of ether oxygens (including phenoxy) is 1. The summed E-state index contributed by atoms with van der Waals surface area (Å²) in [6, 6.07) is 14.0. The minimum Gasteiger partial charge on any atom is -0.492 e. The van der Waals surface area contributed by atoms with Crippen LogP contribution in [-0.4, -0.2) is 11.6 Å². The lowest BCUT2D eigenvalue weighted by Crippen LogP contribution is -2.04. The normalized spacial score (nSPS) is 10.1. The van der Waals surface area contributed by atoms with Crippen LogP contribution in [0.3, 0.4) is 0 Å². The van der Waals surface area contributed by atoms with Gasteiger partial charge in [0.2, 0.25) is 0 Å².